The molecule has 2 unspecified atom stereocenters. The summed E-state index contributed by atoms with van der Waals surface area (Å²) in [5.74, 6) is 1.17. The van der Waals surface area contributed by atoms with E-state index >= 15 is 0 Å². The summed E-state index contributed by atoms with van der Waals surface area (Å²) in [6, 6.07) is 15.6. The van der Waals surface area contributed by atoms with E-state index in [9.17, 15) is 0 Å². The Morgan fingerprint density at radius 3 is 2.50 bits per heavy atom. The van der Waals surface area contributed by atoms with Crippen molar-refractivity contribution >= 4 is 10.8 Å². The van der Waals surface area contributed by atoms with Crippen molar-refractivity contribution in [2.75, 3.05) is 7.11 Å². The van der Waals surface area contributed by atoms with E-state index in [1.54, 1.807) is 0 Å². The lowest BCUT2D eigenvalue weighted by Gasteiger charge is -2.40. The second-order valence-corrected chi connectivity index (χ2v) is 8.03. The molecule has 0 aliphatic heterocycles. The number of benzene rings is 2. The zero-order chi connectivity index (χ0) is 15.5. The van der Waals surface area contributed by atoms with Crippen molar-refractivity contribution in [1.29, 1.82) is 0 Å². The van der Waals surface area contributed by atoms with Crippen LogP contribution < -0.4 is 0 Å². The SMILES string of the molecule is COC1C2CC[C@@](C)([C@@H]1c1cccc3ccccc13)C2(C)C. The minimum Gasteiger partial charge on any atom is -0.380 e. The molecule has 1 heteroatoms. The zero-order valence-electron chi connectivity index (χ0n) is 14.1. The molecule has 2 aromatic carbocycles. The molecule has 4 rings (SSSR count). The predicted molar refractivity (Wildman–Crippen MR) is 92.1 cm³/mol. The normalized spacial score (nSPS) is 36.1. The second kappa shape index (κ2) is 4.58. The van der Waals surface area contributed by atoms with Crippen LogP contribution in [0.3, 0.4) is 0 Å². The van der Waals surface area contributed by atoms with Gasteiger partial charge in [-0.25, -0.2) is 0 Å². The Balaban J connectivity index is 1.94. The minimum atomic E-state index is 0.322. The summed E-state index contributed by atoms with van der Waals surface area (Å²) in [5.41, 5.74) is 2.15. The first-order chi connectivity index (χ1) is 10.5. The fraction of sp³-hybridized carbons (Fsp3) is 0.524. The van der Waals surface area contributed by atoms with Gasteiger partial charge in [-0.3, -0.25) is 0 Å². The van der Waals surface area contributed by atoms with Crippen molar-refractivity contribution in [2.24, 2.45) is 16.7 Å². The molecular formula is C21H26O. The van der Waals surface area contributed by atoms with Crippen molar-refractivity contribution in [3.8, 4) is 0 Å². The van der Waals surface area contributed by atoms with Crippen molar-refractivity contribution in [2.45, 2.75) is 45.6 Å². The highest BCUT2D eigenvalue weighted by atomic mass is 16.5. The van der Waals surface area contributed by atoms with E-state index in [0.29, 0.717) is 28.8 Å². The standard InChI is InChI=1S/C21H26O/c1-20(2)17-12-13-21(20,3)18(19(17)22-4)16-11-7-9-14-8-5-6-10-15(14)16/h5-11,17-19H,12-13H2,1-4H3/t17?,18-,19?,21+/m1/s1. The smallest absolute Gasteiger partial charge is 0.0678 e. The molecule has 22 heavy (non-hydrogen) atoms. The average Bonchev–Trinajstić information content (AvgIpc) is 2.85. The van der Waals surface area contributed by atoms with Gasteiger partial charge in [-0.1, -0.05) is 63.2 Å². The molecule has 0 aromatic heterocycles. The Kier molecular flexibility index (Phi) is 2.97. The number of ether oxygens (including phenoxy) is 1. The van der Waals surface area contributed by atoms with Gasteiger partial charge in [0.05, 0.1) is 6.10 Å². The highest BCUT2D eigenvalue weighted by molar-refractivity contribution is 5.86. The molecule has 0 heterocycles. The van der Waals surface area contributed by atoms with E-state index in [0.717, 1.165) is 0 Å². The molecule has 2 fully saturated rings. The molecule has 0 spiro atoms. The third-order valence-corrected chi connectivity index (χ3v) is 7.22. The molecule has 4 atom stereocenters. The van der Waals surface area contributed by atoms with Crippen molar-refractivity contribution < 1.29 is 4.74 Å². The largest absolute Gasteiger partial charge is 0.380 e. The summed E-state index contributed by atoms with van der Waals surface area (Å²) in [7, 11) is 1.91. The minimum absolute atomic E-state index is 0.322. The Bertz CT molecular complexity index is 711. The van der Waals surface area contributed by atoms with Gasteiger partial charge < -0.3 is 4.74 Å². The van der Waals surface area contributed by atoms with E-state index in [1.807, 2.05) is 7.11 Å². The molecule has 2 aliphatic rings. The van der Waals surface area contributed by atoms with Gasteiger partial charge in [0.1, 0.15) is 0 Å². The topological polar surface area (TPSA) is 9.23 Å². The number of fused-ring (bicyclic) bond motifs is 3. The highest BCUT2D eigenvalue weighted by Gasteiger charge is 2.66. The molecule has 0 saturated heterocycles. The second-order valence-electron chi connectivity index (χ2n) is 8.03. The van der Waals surface area contributed by atoms with Crippen LogP contribution in [0, 0.1) is 16.7 Å². The van der Waals surface area contributed by atoms with E-state index in [1.165, 1.54) is 29.2 Å². The van der Waals surface area contributed by atoms with E-state index in [2.05, 4.69) is 63.2 Å². The summed E-state index contributed by atoms with van der Waals surface area (Å²) in [6.07, 6.45) is 2.97. The number of rotatable bonds is 2. The third kappa shape index (κ3) is 1.58. The predicted octanol–water partition coefficient (Wildman–Crippen LogP) is 5.39. The molecule has 0 amide bonds. The number of hydrogen-bond acceptors (Lipinski definition) is 1. The van der Waals surface area contributed by atoms with Gasteiger partial charge in [0.25, 0.3) is 0 Å². The fourth-order valence-corrected chi connectivity index (χ4v) is 5.63. The van der Waals surface area contributed by atoms with E-state index < -0.39 is 0 Å². The molecule has 2 aromatic rings. The summed E-state index contributed by atoms with van der Waals surface area (Å²) in [5, 5.41) is 2.75. The van der Waals surface area contributed by atoms with Gasteiger partial charge in [-0.2, -0.15) is 0 Å². The molecule has 2 aliphatic carbocycles. The lowest BCUT2D eigenvalue weighted by atomic mass is 9.64. The maximum Gasteiger partial charge on any atom is 0.0678 e. The van der Waals surface area contributed by atoms with Crippen LogP contribution in [-0.4, -0.2) is 13.2 Å². The van der Waals surface area contributed by atoms with Crippen LogP contribution >= 0.6 is 0 Å². The van der Waals surface area contributed by atoms with Crippen LogP contribution in [0.5, 0.6) is 0 Å². The van der Waals surface area contributed by atoms with Crippen molar-refractivity contribution in [1.82, 2.24) is 0 Å². The van der Waals surface area contributed by atoms with Gasteiger partial charge in [0.2, 0.25) is 0 Å². The Hall–Kier alpha value is -1.34. The molecule has 2 bridgehead atoms. The van der Waals surface area contributed by atoms with Gasteiger partial charge in [-0.15, -0.1) is 0 Å². The van der Waals surface area contributed by atoms with Gasteiger partial charge in [-0.05, 0) is 45.9 Å². The van der Waals surface area contributed by atoms with Gasteiger partial charge >= 0.3 is 0 Å². The molecule has 2 saturated carbocycles. The Labute approximate surface area is 133 Å². The molecular weight excluding hydrogens is 268 g/mol. The van der Waals surface area contributed by atoms with Crippen LogP contribution in [0.25, 0.3) is 10.8 Å². The summed E-state index contributed by atoms with van der Waals surface area (Å²) >= 11 is 0. The molecule has 0 radical (unpaired) electrons. The summed E-state index contributed by atoms with van der Waals surface area (Å²) in [4.78, 5) is 0. The summed E-state index contributed by atoms with van der Waals surface area (Å²) < 4.78 is 6.06. The molecule has 1 nitrogen and oxygen atoms in total. The lowest BCUT2D eigenvalue weighted by molar-refractivity contribution is 0.0268. The Morgan fingerprint density at radius 2 is 1.73 bits per heavy atom. The first-order valence-electron chi connectivity index (χ1n) is 8.51. The Morgan fingerprint density at radius 1 is 1.00 bits per heavy atom. The van der Waals surface area contributed by atoms with Crippen molar-refractivity contribution in [3.63, 3.8) is 0 Å². The van der Waals surface area contributed by atoms with E-state index in [-0.39, 0.29) is 0 Å². The monoisotopic (exact) mass is 294 g/mol. The first kappa shape index (κ1) is 14.3. The zero-order valence-corrected chi connectivity index (χ0v) is 14.1. The van der Waals surface area contributed by atoms with Crippen LogP contribution in [0.2, 0.25) is 0 Å². The average molecular weight is 294 g/mol. The molecule has 0 N–H and O–H groups in total. The molecule has 116 valence electrons. The van der Waals surface area contributed by atoms with Gasteiger partial charge in [0, 0.05) is 13.0 Å². The highest BCUT2D eigenvalue weighted by Crippen LogP contribution is 2.71. The van der Waals surface area contributed by atoms with Crippen LogP contribution in [0.15, 0.2) is 42.5 Å². The van der Waals surface area contributed by atoms with Crippen molar-refractivity contribution in [3.05, 3.63) is 48.0 Å². The van der Waals surface area contributed by atoms with E-state index in [4.69, 9.17) is 4.74 Å². The van der Waals surface area contributed by atoms with Crippen LogP contribution in [0.1, 0.15) is 45.1 Å². The number of methoxy groups -OCH3 is 1. The maximum absolute atomic E-state index is 6.06. The fourth-order valence-electron chi connectivity index (χ4n) is 5.63. The van der Waals surface area contributed by atoms with Crippen LogP contribution in [0.4, 0.5) is 0 Å². The first-order valence-corrected chi connectivity index (χ1v) is 8.51. The summed E-state index contributed by atoms with van der Waals surface area (Å²) in [6.45, 7) is 7.42. The van der Waals surface area contributed by atoms with Gasteiger partial charge in [0.15, 0.2) is 0 Å². The third-order valence-electron chi connectivity index (χ3n) is 7.22. The quantitative estimate of drug-likeness (QED) is 0.721. The number of hydrogen-bond donors (Lipinski definition) is 0. The van der Waals surface area contributed by atoms with Crippen LogP contribution in [-0.2, 0) is 4.74 Å². The lowest BCUT2D eigenvalue weighted by Crippen LogP contribution is -2.33. The maximum atomic E-state index is 6.06.